The summed E-state index contributed by atoms with van der Waals surface area (Å²) < 4.78 is 35.7. The third-order valence-corrected chi connectivity index (χ3v) is 11.4. The lowest BCUT2D eigenvalue weighted by molar-refractivity contribution is -0.277. The fourth-order valence-corrected chi connectivity index (χ4v) is 8.05. The molecule has 16 N–H and O–H groups in total. The number of aromatic hydroxyl groups is 7. The van der Waals surface area contributed by atoms with Crippen LogP contribution >= 0.6 is 0 Å². The number of ether oxygens (including phenoxy) is 5. The fourth-order valence-electron chi connectivity index (χ4n) is 8.05. The van der Waals surface area contributed by atoms with Crippen LogP contribution in [0.3, 0.4) is 0 Å². The molecule has 0 spiro atoms. The molecule has 13 unspecified atom stereocenters. The fraction of sp³-hybridized carbons (Fsp3) is 0.357. The highest BCUT2D eigenvalue weighted by Crippen LogP contribution is 2.56. The van der Waals surface area contributed by atoms with Gasteiger partial charge in [-0.15, -0.1) is 0 Å². The lowest BCUT2D eigenvalue weighted by atomic mass is 9.78. The van der Waals surface area contributed by atoms with Crippen molar-refractivity contribution in [1.29, 1.82) is 0 Å². The lowest BCUT2D eigenvalue weighted by Crippen LogP contribution is -2.60. The minimum atomic E-state index is -2.03. The molecule has 0 aliphatic carbocycles. The zero-order chi connectivity index (χ0) is 46.0. The molecular formula is C42H43O22+. The van der Waals surface area contributed by atoms with E-state index < -0.39 is 150 Å². The zero-order valence-corrected chi connectivity index (χ0v) is 32.8. The van der Waals surface area contributed by atoms with Crippen LogP contribution in [0.5, 0.6) is 57.5 Å². The van der Waals surface area contributed by atoms with Gasteiger partial charge in [0, 0.05) is 42.0 Å². The van der Waals surface area contributed by atoms with Crippen LogP contribution in [0.25, 0.3) is 22.3 Å². The molecule has 64 heavy (non-hydrogen) atoms. The second kappa shape index (κ2) is 17.1. The maximum absolute atomic E-state index is 12.3. The molecule has 22 heteroatoms. The molecule has 3 aliphatic rings. The van der Waals surface area contributed by atoms with Crippen LogP contribution < -0.4 is 14.2 Å². The highest BCUT2D eigenvalue weighted by atomic mass is 16.7. The minimum Gasteiger partial charge on any atom is -0.508 e. The van der Waals surface area contributed by atoms with E-state index in [1.165, 1.54) is 24.3 Å². The summed E-state index contributed by atoms with van der Waals surface area (Å²) in [7, 11) is 0. The summed E-state index contributed by atoms with van der Waals surface area (Å²) in [6.07, 6.45) is -21.6. The normalized spacial score (nSPS) is 30.4. The number of rotatable bonds is 9. The first-order valence-corrected chi connectivity index (χ1v) is 19.5. The Hall–Kier alpha value is -6.15. The molecule has 22 nitrogen and oxygen atoms in total. The first-order valence-electron chi connectivity index (χ1n) is 19.5. The van der Waals surface area contributed by atoms with Crippen LogP contribution in [0.2, 0.25) is 0 Å². The first-order chi connectivity index (χ1) is 30.4. The van der Waals surface area contributed by atoms with E-state index in [9.17, 15) is 81.7 Å². The van der Waals surface area contributed by atoms with Gasteiger partial charge in [0.1, 0.15) is 100 Å². The van der Waals surface area contributed by atoms with E-state index in [-0.39, 0.29) is 39.1 Å². The van der Waals surface area contributed by atoms with Crippen LogP contribution in [0, 0.1) is 0 Å². The molecule has 1 aromatic heterocycles. The van der Waals surface area contributed by atoms with E-state index in [2.05, 4.69) is 0 Å². The molecule has 342 valence electrons. The molecule has 8 rings (SSSR count). The molecule has 3 aliphatic heterocycles. The van der Waals surface area contributed by atoms with Gasteiger partial charge in [0.05, 0.1) is 24.7 Å². The zero-order valence-electron chi connectivity index (χ0n) is 32.8. The summed E-state index contributed by atoms with van der Waals surface area (Å²) in [5.74, 6) is -8.16. The smallest absolute Gasteiger partial charge is 0.402 e. The number of fused-ring (bicyclic) bond motifs is 2. The summed E-state index contributed by atoms with van der Waals surface area (Å²) in [6.45, 7) is -1.73. The number of phenols is 7. The van der Waals surface area contributed by atoms with Gasteiger partial charge >= 0.3 is 11.3 Å². The van der Waals surface area contributed by atoms with Gasteiger partial charge in [0.2, 0.25) is 18.3 Å². The van der Waals surface area contributed by atoms with Gasteiger partial charge in [0.15, 0.2) is 23.4 Å². The quantitative estimate of drug-likeness (QED) is 0.0642. The van der Waals surface area contributed by atoms with E-state index in [1.807, 2.05) is 0 Å². The molecule has 13 atom stereocenters. The van der Waals surface area contributed by atoms with Crippen molar-refractivity contribution >= 4 is 11.0 Å². The topological polar surface area (TPSA) is 381 Å². The minimum absolute atomic E-state index is 0.140. The number of aliphatic hydroxyl groups is 9. The maximum atomic E-state index is 12.3. The van der Waals surface area contributed by atoms with E-state index in [1.54, 1.807) is 0 Å². The van der Waals surface area contributed by atoms with E-state index in [0.29, 0.717) is 0 Å². The molecular weight excluding hydrogens is 856 g/mol. The van der Waals surface area contributed by atoms with Crippen molar-refractivity contribution in [3.63, 3.8) is 0 Å². The molecule has 2 saturated heterocycles. The highest BCUT2D eigenvalue weighted by Gasteiger charge is 2.50. The van der Waals surface area contributed by atoms with Gasteiger partial charge < -0.3 is 105 Å². The summed E-state index contributed by atoms with van der Waals surface area (Å²) in [4.78, 5) is 0. The number of hydrogen-bond donors (Lipinski definition) is 16. The number of hydrogen-bond acceptors (Lipinski definition) is 21. The van der Waals surface area contributed by atoms with Gasteiger partial charge in [-0.1, -0.05) is 12.1 Å². The SMILES string of the molecule is OCC1OC(Oc2cc3c(OC4OC(CO)C(O)C(O)C4O)cc(O)c(C4c5c(O)cc(O)cc5OC(c5ccc(O)cc5)C4O)c3[o+]c2-c2cc(O)c(O)c(O)c2)C(O)C(O)C1O. The van der Waals surface area contributed by atoms with E-state index in [4.69, 9.17) is 28.1 Å². The Morgan fingerprint density at radius 1 is 0.531 bits per heavy atom. The van der Waals surface area contributed by atoms with Crippen LogP contribution in [0.1, 0.15) is 28.7 Å². The van der Waals surface area contributed by atoms with E-state index in [0.717, 1.165) is 36.4 Å². The monoisotopic (exact) mass is 899 g/mol. The molecule has 5 aromatic rings. The summed E-state index contributed by atoms with van der Waals surface area (Å²) in [6, 6.07) is 11.3. The molecule has 4 aromatic carbocycles. The third kappa shape index (κ3) is 7.69. The van der Waals surface area contributed by atoms with Crippen molar-refractivity contribution in [2.24, 2.45) is 0 Å². The Labute approximate surface area is 359 Å². The standard InChI is InChI=1S/C42H42O22/c43-11-25-31(52)34(55)36(57)41(62-25)60-22-10-19(48)28(29-27-18(47)7-16(46)8-23(27)59-39(33(29)54)13-1-3-15(45)4-2-13)40-17(22)9-24(38(64-40)14-5-20(49)30(51)21(50)6-14)61-42-37(58)35(56)32(53)26(12-44)63-42/h1-10,25-26,29,31-37,39,41-44,52-58H,11-12H2,(H6-,45,46,47,48,49,50,51)/p+1. The van der Waals surface area contributed by atoms with Crippen LogP contribution in [0.15, 0.2) is 65.1 Å². The molecule has 4 heterocycles. The molecule has 2 fully saturated rings. The van der Waals surface area contributed by atoms with E-state index >= 15 is 0 Å². The van der Waals surface area contributed by atoms with Crippen molar-refractivity contribution in [3.05, 3.63) is 77.4 Å². The highest BCUT2D eigenvalue weighted by molar-refractivity contribution is 5.93. The molecule has 0 amide bonds. The van der Waals surface area contributed by atoms with Crippen LogP contribution in [-0.4, -0.2) is 162 Å². The Kier molecular flexibility index (Phi) is 11.9. The number of benzene rings is 4. The van der Waals surface area contributed by atoms with Crippen molar-refractivity contribution in [2.45, 2.75) is 79.5 Å². The van der Waals surface area contributed by atoms with Gasteiger partial charge in [-0.3, -0.25) is 0 Å². The third-order valence-electron chi connectivity index (χ3n) is 11.4. The van der Waals surface area contributed by atoms with Gasteiger partial charge in [-0.2, -0.15) is 0 Å². The summed E-state index contributed by atoms with van der Waals surface area (Å²) >= 11 is 0. The van der Waals surface area contributed by atoms with Gasteiger partial charge in [-0.05, 0) is 17.7 Å². The predicted molar refractivity (Wildman–Crippen MR) is 211 cm³/mol. The van der Waals surface area contributed by atoms with Crippen molar-refractivity contribution in [1.82, 2.24) is 0 Å². The average molecular weight is 900 g/mol. The lowest BCUT2D eigenvalue weighted by Gasteiger charge is -2.40. The Morgan fingerprint density at radius 3 is 1.64 bits per heavy atom. The summed E-state index contributed by atoms with van der Waals surface area (Å²) in [5, 5.41) is 171. The average Bonchev–Trinajstić information content (AvgIpc) is 3.26. The predicted octanol–water partition coefficient (Wildman–Crippen LogP) is -0.696. The Balaban J connectivity index is 1.41. The largest absolute Gasteiger partial charge is 0.508 e. The van der Waals surface area contributed by atoms with Crippen LogP contribution in [0.4, 0.5) is 0 Å². The summed E-state index contributed by atoms with van der Waals surface area (Å²) in [5.41, 5.74) is -1.11. The van der Waals surface area contributed by atoms with Crippen molar-refractivity contribution in [2.75, 3.05) is 13.2 Å². The second-order valence-electron chi connectivity index (χ2n) is 15.5. The number of aliphatic hydroxyl groups excluding tert-OH is 9. The Bertz CT molecular complexity index is 2510. The van der Waals surface area contributed by atoms with Crippen molar-refractivity contribution < 1.29 is 110 Å². The first kappa shape index (κ1) is 44.5. The molecule has 0 bridgehead atoms. The maximum Gasteiger partial charge on any atom is 0.402 e. The van der Waals surface area contributed by atoms with Gasteiger partial charge in [0.25, 0.3) is 0 Å². The Morgan fingerprint density at radius 2 is 1.08 bits per heavy atom. The van der Waals surface area contributed by atoms with Gasteiger partial charge in [-0.25, -0.2) is 4.42 Å². The van der Waals surface area contributed by atoms with Crippen LogP contribution in [-0.2, 0) is 9.47 Å². The molecule has 0 saturated carbocycles. The molecule has 0 radical (unpaired) electrons. The van der Waals surface area contributed by atoms with Crippen molar-refractivity contribution in [3.8, 4) is 68.8 Å². The number of phenolic OH excluding ortho intramolecular Hbond substituents is 7. The second-order valence-corrected chi connectivity index (χ2v) is 15.5.